The Morgan fingerprint density at radius 1 is 1.04 bits per heavy atom. The summed E-state index contributed by atoms with van der Waals surface area (Å²) in [6.07, 6.45) is 2.24. The van der Waals surface area contributed by atoms with Gasteiger partial charge in [-0.25, -0.2) is 0 Å². The number of aliphatic hydroxyl groups is 1. The van der Waals surface area contributed by atoms with Crippen molar-refractivity contribution in [3.63, 3.8) is 0 Å². The van der Waals surface area contributed by atoms with Crippen molar-refractivity contribution in [3.8, 4) is 11.5 Å². The van der Waals surface area contributed by atoms with Crippen LogP contribution in [-0.2, 0) is 6.54 Å². The van der Waals surface area contributed by atoms with E-state index in [1.807, 2.05) is 48.5 Å². The number of likely N-dealkylation sites (N-methyl/N-ethyl adjacent to an activating group) is 1. The van der Waals surface area contributed by atoms with Crippen molar-refractivity contribution >= 4 is 0 Å². The van der Waals surface area contributed by atoms with Crippen molar-refractivity contribution in [2.75, 3.05) is 14.2 Å². The predicted molar refractivity (Wildman–Crippen MR) is 99.0 cm³/mol. The third kappa shape index (κ3) is 4.33. The van der Waals surface area contributed by atoms with E-state index < -0.39 is 6.10 Å². The Balaban J connectivity index is 1.66. The highest BCUT2D eigenvalue weighted by Crippen LogP contribution is 2.29. The number of aliphatic hydroxyl groups excluding tert-OH is 1. The monoisotopic (exact) mass is 341 g/mol. The van der Waals surface area contributed by atoms with Gasteiger partial charge in [-0.15, -0.1) is 0 Å². The molecule has 4 nitrogen and oxygen atoms in total. The molecule has 2 aromatic rings. The summed E-state index contributed by atoms with van der Waals surface area (Å²) in [5.74, 6) is 1.70. The minimum atomic E-state index is -0.506. The summed E-state index contributed by atoms with van der Waals surface area (Å²) in [4.78, 5) is 2.21. The van der Waals surface area contributed by atoms with Crippen LogP contribution < -0.4 is 9.47 Å². The lowest BCUT2D eigenvalue weighted by molar-refractivity contribution is -0.0492. The number of hydrogen-bond acceptors (Lipinski definition) is 4. The summed E-state index contributed by atoms with van der Waals surface area (Å²) in [5.41, 5.74) is 1.13. The van der Waals surface area contributed by atoms with Crippen LogP contribution >= 0.6 is 0 Å². The molecule has 3 atom stereocenters. The van der Waals surface area contributed by atoms with Gasteiger partial charge in [0.05, 0.1) is 7.11 Å². The molecule has 0 aromatic heterocycles. The molecule has 1 fully saturated rings. The van der Waals surface area contributed by atoms with Crippen LogP contribution in [0.15, 0.2) is 54.6 Å². The Hall–Kier alpha value is -2.04. The third-order valence-electron chi connectivity index (χ3n) is 4.97. The first kappa shape index (κ1) is 17.8. The van der Waals surface area contributed by atoms with E-state index in [4.69, 9.17) is 9.47 Å². The molecule has 0 aliphatic heterocycles. The first-order valence-electron chi connectivity index (χ1n) is 8.91. The quantitative estimate of drug-likeness (QED) is 0.873. The Kier molecular flexibility index (Phi) is 5.95. The van der Waals surface area contributed by atoms with Gasteiger partial charge in [-0.1, -0.05) is 36.4 Å². The number of nitrogens with zero attached hydrogens (tertiary/aromatic N) is 1. The van der Waals surface area contributed by atoms with E-state index in [-0.39, 0.29) is 12.1 Å². The predicted octanol–water partition coefficient (Wildman–Crippen LogP) is 3.49. The molecule has 1 aliphatic carbocycles. The molecule has 1 aliphatic rings. The fraction of sp³-hybridized carbons (Fsp3) is 0.429. The molecule has 0 bridgehead atoms. The molecule has 3 rings (SSSR count). The summed E-state index contributed by atoms with van der Waals surface area (Å²) in [6, 6.07) is 17.9. The molecule has 0 amide bonds. The summed E-state index contributed by atoms with van der Waals surface area (Å²) < 4.78 is 11.5. The second kappa shape index (κ2) is 8.37. The zero-order valence-corrected chi connectivity index (χ0v) is 15.0. The second-order valence-electron chi connectivity index (χ2n) is 6.69. The van der Waals surface area contributed by atoms with Gasteiger partial charge in [-0.3, -0.25) is 4.90 Å². The normalized spacial score (nSPS) is 23.4. The van der Waals surface area contributed by atoms with Gasteiger partial charge in [-0.2, -0.15) is 0 Å². The van der Waals surface area contributed by atoms with Gasteiger partial charge in [0.1, 0.15) is 23.7 Å². The summed E-state index contributed by atoms with van der Waals surface area (Å²) in [6.45, 7) is 0.740. The van der Waals surface area contributed by atoms with E-state index in [1.54, 1.807) is 7.11 Å². The maximum Gasteiger partial charge on any atom is 0.126 e. The summed E-state index contributed by atoms with van der Waals surface area (Å²) in [7, 11) is 3.75. The van der Waals surface area contributed by atoms with Crippen molar-refractivity contribution in [1.29, 1.82) is 0 Å². The van der Waals surface area contributed by atoms with E-state index in [0.717, 1.165) is 42.9 Å². The van der Waals surface area contributed by atoms with Crippen LogP contribution in [0.1, 0.15) is 24.8 Å². The minimum absolute atomic E-state index is 0.0763. The lowest BCUT2D eigenvalue weighted by Crippen LogP contribution is -2.51. The molecule has 0 radical (unpaired) electrons. The molecule has 25 heavy (non-hydrogen) atoms. The lowest BCUT2D eigenvalue weighted by atomic mass is 9.88. The van der Waals surface area contributed by atoms with Crippen molar-refractivity contribution in [2.45, 2.75) is 44.1 Å². The van der Waals surface area contributed by atoms with Crippen molar-refractivity contribution < 1.29 is 14.6 Å². The van der Waals surface area contributed by atoms with Crippen LogP contribution in [0.3, 0.4) is 0 Å². The molecule has 0 spiro atoms. The van der Waals surface area contributed by atoms with E-state index in [2.05, 4.69) is 18.0 Å². The molecule has 2 aromatic carbocycles. The third-order valence-corrected chi connectivity index (χ3v) is 4.97. The highest BCUT2D eigenvalue weighted by Gasteiger charge is 2.35. The smallest absolute Gasteiger partial charge is 0.126 e. The molecule has 1 saturated carbocycles. The highest BCUT2D eigenvalue weighted by molar-refractivity contribution is 5.33. The van der Waals surface area contributed by atoms with Gasteiger partial charge in [0.2, 0.25) is 0 Å². The van der Waals surface area contributed by atoms with Crippen molar-refractivity contribution in [1.82, 2.24) is 4.90 Å². The van der Waals surface area contributed by atoms with E-state index in [1.165, 1.54) is 0 Å². The number of hydrogen-bond donors (Lipinski definition) is 1. The highest BCUT2D eigenvalue weighted by atomic mass is 16.5. The molecule has 4 heteroatoms. The topological polar surface area (TPSA) is 41.9 Å². The van der Waals surface area contributed by atoms with Crippen LogP contribution in [0.25, 0.3) is 0 Å². The number of methoxy groups -OCH3 is 1. The molecule has 0 unspecified atom stereocenters. The maximum atomic E-state index is 10.9. The van der Waals surface area contributed by atoms with Crippen molar-refractivity contribution in [3.05, 3.63) is 60.2 Å². The van der Waals surface area contributed by atoms with Crippen LogP contribution in [0.4, 0.5) is 0 Å². The number of benzene rings is 2. The average molecular weight is 341 g/mol. The van der Waals surface area contributed by atoms with Crippen LogP contribution in [0, 0.1) is 0 Å². The Labute approximate surface area is 150 Å². The molecule has 0 heterocycles. The lowest BCUT2D eigenvalue weighted by Gasteiger charge is -2.39. The van der Waals surface area contributed by atoms with Crippen LogP contribution in [0.5, 0.6) is 11.5 Å². The van der Waals surface area contributed by atoms with E-state index >= 15 is 0 Å². The standard InChI is InChI=1S/C21H27NO3/c1-22(15-16-9-6-7-13-19(16)24-2)18-12-8-14-20(21(18)23)25-17-10-4-3-5-11-17/h3-7,9-11,13,18,20-21,23H,8,12,14-15H2,1-2H3/t18-,20+,21+/m1/s1. The summed E-state index contributed by atoms with van der Waals surface area (Å²) >= 11 is 0. The Bertz CT molecular complexity index is 661. The van der Waals surface area contributed by atoms with E-state index in [0.29, 0.717) is 0 Å². The van der Waals surface area contributed by atoms with Gasteiger partial charge in [0, 0.05) is 18.2 Å². The van der Waals surface area contributed by atoms with Crippen LogP contribution in [0.2, 0.25) is 0 Å². The molecule has 0 saturated heterocycles. The Morgan fingerprint density at radius 2 is 1.76 bits per heavy atom. The second-order valence-corrected chi connectivity index (χ2v) is 6.69. The van der Waals surface area contributed by atoms with Gasteiger partial charge in [0.15, 0.2) is 0 Å². The SMILES string of the molecule is COc1ccccc1CN(C)[C@@H]1CCC[C@H](Oc2ccccc2)[C@H]1O. The zero-order valence-electron chi connectivity index (χ0n) is 15.0. The van der Waals surface area contributed by atoms with Gasteiger partial charge >= 0.3 is 0 Å². The fourth-order valence-corrected chi connectivity index (χ4v) is 3.62. The summed E-state index contributed by atoms with van der Waals surface area (Å²) in [5, 5.41) is 10.9. The maximum absolute atomic E-state index is 10.9. The first-order valence-corrected chi connectivity index (χ1v) is 8.91. The average Bonchev–Trinajstić information content (AvgIpc) is 2.64. The number of rotatable bonds is 6. The fourth-order valence-electron chi connectivity index (χ4n) is 3.62. The van der Waals surface area contributed by atoms with Crippen molar-refractivity contribution in [2.24, 2.45) is 0 Å². The van der Waals surface area contributed by atoms with Gasteiger partial charge in [0.25, 0.3) is 0 Å². The zero-order chi connectivity index (χ0) is 17.6. The van der Waals surface area contributed by atoms with Gasteiger partial charge < -0.3 is 14.6 Å². The van der Waals surface area contributed by atoms with E-state index in [9.17, 15) is 5.11 Å². The van der Waals surface area contributed by atoms with Gasteiger partial charge in [-0.05, 0) is 44.5 Å². The largest absolute Gasteiger partial charge is 0.496 e. The molecular weight excluding hydrogens is 314 g/mol. The first-order chi connectivity index (χ1) is 12.2. The Morgan fingerprint density at radius 3 is 2.52 bits per heavy atom. The number of para-hydroxylation sites is 2. The molecule has 134 valence electrons. The number of ether oxygens (including phenoxy) is 2. The molecule has 1 N–H and O–H groups in total. The molecular formula is C21H27NO3. The van der Waals surface area contributed by atoms with Crippen LogP contribution in [-0.4, -0.2) is 42.4 Å². The minimum Gasteiger partial charge on any atom is -0.496 e.